The predicted octanol–water partition coefficient (Wildman–Crippen LogP) is 2.31. The fourth-order valence-electron chi connectivity index (χ4n) is 3.00. The van der Waals surface area contributed by atoms with Crippen molar-refractivity contribution >= 4 is 5.97 Å². The van der Waals surface area contributed by atoms with Crippen LogP contribution in [0.15, 0.2) is 30.3 Å². The van der Waals surface area contributed by atoms with Crippen LogP contribution in [0.1, 0.15) is 24.8 Å². The predicted molar refractivity (Wildman–Crippen MR) is 84.2 cm³/mol. The van der Waals surface area contributed by atoms with Gasteiger partial charge < -0.3 is 10.0 Å². The Morgan fingerprint density at radius 2 is 1.95 bits per heavy atom. The van der Waals surface area contributed by atoms with Crippen LogP contribution in [0.4, 0.5) is 0 Å². The molecular weight excluding hydrogens is 264 g/mol. The number of piperidine rings is 1. The first-order valence-electron chi connectivity index (χ1n) is 7.80. The number of carboxylic acid groups (broad SMARTS) is 1. The van der Waals surface area contributed by atoms with Crippen LogP contribution < -0.4 is 0 Å². The van der Waals surface area contributed by atoms with Crippen LogP contribution in [0, 0.1) is 5.92 Å². The molecule has 0 unspecified atom stereocenters. The Labute approximate surface area is 127 Å². The lowest BCUT2D eigenvalue weighted by Gasteiger charge is -2.31. The Bertz CT molecular complexity index is 428. The summed E-state index contributed by atoms with van der Waals surface area (Å²) in [5.41, 5.74) is 1.36. The van der Waals surface area contributed by atoms with E-state index < -0.39 is 5.97 Å². The summed E-state index contributed by atoms with van der Waals surface area (Å²) in [4.78, 5) is 15.1. The fraction of sp³-hybridized carbons (Fsp3) is 0.588. The molecule has 1 saturated heterocycles. The second-order valence-electron chi connectivity index (χ2n) is 6.13. The van der Waals surface area contributed by atoms with Gasteiger partial charge in [0.25, 0.3) is 0 Å². The summed E-state index contributed by atoms with van der Waals surface area (Å²) in [6.45, 7) is 4.16. The zero-order valence-corrected chi connectivity index (χ0v) is 12.9. The molecular formula is C17H26N2O2. The quantitative estimate of drug-likeness (QED) is 0.837. The summed E-state index contributed by atoms with van der Waals surface area (Å²) in [6, 6.07) is 10.6. The van der Waals surface area contributed by atoms with E-state index in [9.17, 15) is 4.79 Å². The van der Waals surface area contributed by atoms with Gasteiger partial charge in [-0.25, -0.2) is 0 Å². The second-order valence-corrected chi connectivity index (χ2v) is 6.13. The van der Waals surface area contributed by atoms with Crippen molar-refractivity contribution in [2.75, 3.05) is 33.2 Å². The minimum atomic E-state index is -0.712. The van der Waals surface area contributed by atoms with Crippen LogP contribution in [0.2, 0.25) is 0 Å². The zero-order chi connectivity index (χ0) is 15.1. The van der Waals surface area contributed by atoms with Gasteiger partial charge in [0, 0.05) is 6.54 Å². The van der Waals surface area contributed by atoms with Gasteiger partial charge in [-0.15, -0.1) is 0 Å². The van der Waals surface area contributed by atoms with Crippen LogP contribution in [-0.4, -0.2) is 54.1 Å². The number of likely N-dealkylation sites (tertiary alicyclic amines) is 1. The van der Waals surface area contributed by atoms with E-state index in [4.69, 9.17) is 5.11 Å². The summed E-state index contributed by atoms with van der Waals surface area (Å²) in [5.74, 6) is 0.0318. The number of hydrogen-bond acceptors (Lipinski definition) is 3. The molecule has 1 aliphatic rings. The fourth-order valence-corrected chi connectivity index (χ4v) is 3.00. The SMILES string of the molecule is CN(CCC1CCN(CC(=O)O)CC1)Cc1ccccc1. The zero-order valence-electron chi connectivity index (χ0n) is 12.9. The van der Waals surface area contributed by atoms with Gasteiger partial charge in [-0.05, 0) is 57.4 Å². The maximum Gasteiger partial charge on any atom is 0.317 e. The first-order valence-corrected chi connectivity index (χ1v) is 7.80. The van der Waals surface area contributed by atoms with Gasteiger partial charge in [0.05, 0.1) is 6.54 Å². The highest BCUT2D eigenvalue weighted by molar-refractivity contribution is 5.69. The number of carbonyl (C=O) groups is 1. The first kappa shape index (κ1) is 16.0. The molecule has 21 heavy (non-hydrogen) atoms. The molecule has 1 fully saturated rings. The molecule has 0 amide bonds. The Kier molecular flexibility index (Phi) is 6.21. The Balaban J connectivity index is 1.64. The van der Waals surface area contributed by atoms with E-state index in [1.54, 1.807) is 0 Å². The molecule has 0 aromatic heterocycles. The average Bonchev–Trinajstić information content (AvgIpc) is 2.47. The second kappa shape index (κ2) is 8.15. The third-order valence-corrected chi connectivity index (χ3v) is 4.28. The highest BCUT2D eigenvalue weighted by Gasteiger charge is 2.20. The lowest BCUT2D eigenvalue weighted by Crippen LogP contribution is -2.38. The number of benzene rings is 1. The molecule has 116 valence electrons. The molecule has 1 aromatic rings. The Hall–Kier alpha value is -1.39. The standard InChI is InChI=1S/C17H26N2O2/c1-18(13-16-5-3-2-4-6-16)10-7-15-8-11-19(12-9-15)14-17(20)21/h2-6,15H,7-14H2,1H3,(H,20,21). The normalized spacial score (nSPS) is 17.2. The molecule has 0 radical (unpaired) electrons. The van der Waals surface area contributed by atoms with Crippen molar-refractivity contribution in [3.63, 3.8) is 0 Å². The number of rotatable bonds is 7. The van der Waals surface area contributed by atoms with Crippen LogP contribution >= 0.6 is 0 Å². The van der Waals surface area contributed by atoms with Crippen LogP contribution in [0.25, 0.3) is 0 Å². The summed E-state index contributed by atoms with van der Waals surface area (Å²) in [5, 5.41) is 8.80. The molecule has 0 atom stereocenters. The van der Waals surface area contributed by atoms with Crippen molar-refractivity contribution in [2.24, 2.45) is 5.92 Å². The van der Waals surface area contributed by atoms with Gasteiger partial charge in [0.2, 0.25) is 0 Å². The average molecular weight is 290 g/mol. The van der Waals surface area contributed by atoms with E-state index in [1.165, 1.54) is 12.0 Å². The van der Waals surface area contributed by atoms with Crippen molar-refractivity contribution in [1.29, 1.82) is 0 Å². The molecule has 0 aliphatic carbocycles. The van der Waals surface area contributed by atoms with Gasteiger partial charge in [-0.3, -0.25) is 9.69 Å². The smallest absolute Gasteiger partial charge is 0.317 e. The summed E-state index contributed by atoms with van der Waals surface area (Å²) in [6.07, 6.45) is 3.48. The highest BCUT2D eigenvalue weighted by Crippen LogP contribution is 2.20. The third-order valence-electron chi connectivity index (χ3n) is 4.28. The van der Waals surface area contributed by atoms with E-state index >= 15 is 0 Å². The molecule has 0 bridgehead atoms. The van der Waals surface area contributed by atoms with E-state index in [2.05, 4.69) is 42.3 Å². The molecule has 2 rings (SSSR count). The molecule has 1 aromatic carbocycles. The summed E-state index contributed by atoms with van der Waals surface area (Å²) >= 11 is 0. The monoisotopic (exact) mass is 290 g/mol. The topological polar surface area (TPSA) is 43.8 Å². The number of nitrogens with zero attached hydrogens (tertiary/aromatic N) is 2. The van der Waals surface area contributed by atoms with Gasteiger partial charge in [0.15, 0.2) is 0 Å². The molecule has 1 aliphatic heterocycles. The number of hydrogen-bond donors (Lipinski definition) is 1. The van der Waals surface area contributed by atoms with E-state index in [0.29, 0.717) is 0 Å². The molecule has 0 spiro atoms. The summed E-state index contributed by atoms with van der Waals surface area (Å²) < 4.78 is 0. The van der Waals surface area contributed by atoms with E-state index in [-0.39, 0.29) is 6.54 Å². The molecule has 4 nitrogen and oxygen atoms in total. The van der Waals surface area contributed by atoms with Gasteiger partial charge in [-0.1, -0.05) is 30.3 Å². The highest BCUT2D eigenvalue weighted by atomic mass is 16.4. The molecule has 4 heteroatoms. The minimum absolute atomic E-state index is 0.195. The van der Waals surface area contributed by atoms with Gasteiger partial charge in [-0.2, -0.15) is 0 Å². The first-order chi connectivity index (χ1) is 10.1. The van der Waals surface area contributed by atoms with Crippen molar-refractivity contribution < 1.29 is 9.90 Å². The maximum absolute atomic E-state index is 10.7. The molecule has 1 N–H and O–H groups in total. The molecule has 0 saturated carbocycles. The minimum Gasteiger partial charge on any atom is -0.480 e. The van der Waals surface area contributed by atoms with E-state index in [1.807, 2.05) is 4.90 Å². The largest absolute Gasteiger partial charge is 0.480 e. The maximum atomic E-state index is 10.7. The Morgan fingerprint density at radius 3 is 2.57 bits per heavy atom. The summed E-state index contributed by atoms with van der Waals surface area (Å²) in [7, 11) is 2.17. The van der Waals surface area contributed by atoms with Crippen molar-refractivity contribution in [3.8, 4) is 0 Å². The van der Waals surface area contributed by atoms with Gasteiger partial charge >= 0.3 is 5.97 Å². The van der Waals surface area contributed by atoms with Crippen molar-refractivity contribution in [1.82, 2.24) is 9.80 Å². The van der Waals surface area contributed by atoms with E-state index in [0.717, 1.165) is 44.9 Å². The third kappa shape index (κ3) is 5.86. The van der Waals surface area contributed by atoms with Gasteiger partial charge in [0.1, 0.15) is 0 Å². The Morgan fingerprint density at radius 1 is 1.29 bits per heavy atom. The van der Waals surface area contributed by atoms with Crippen molar-refractivity contribution in [3.05, 3.63) is 35.9 Å². The van der Waals surface area contributed by atoms with Crippen LogP contribution in [0.5, 0.6) is 0 Å². The lowest BCUT2D eigenvalue weighted by atomic mass is 9.93. The van der Waals surface area contributed by atoms with Crippen molar-refractivity contribution in [2.45, 2.75) is 25.8 Å². The number of aliphatic carboxylic acids is 1. The van der Waals surface area contributed by atoms with Crippen LogP contribution in [0.3, 0.4) is 0 Å². The lowest BCUT2D eigenvalue weighted by molar-refractivity contribution is -0.138. The molecule has 1 heterocycles. The van der Waals surface area contributed by atoms with Crippen LogP contribution in [-0.2, 0) is 11.3 Å². The number of carboxylic acids is 1.